The molecule has 2 aromatic carbocycles. The molecule has 30 heavy (non-hydrogen) atoms. The van der Waals surface area contributed by atoms with Crippen LogP contribution in [0.5, 0.6) is 5.75 Å². The number of ether oxygens (including phenoxy) is 2. The van der Waals surface area contributed by atoms with Gasteiger partial charge in [-0.3, -0.25) is 4.79 Å². The smallest absolute Gasteiger partial charge is 0.258 e. The molecule has 0 fully saturated rings. The van der Waals surface area contributed by atoms with E-state index >= 15 is 0 Å². The van der Waals surface area contributed by atoms with Gasteiger partial charge < -0.3 is 19.2 Å². The number of hydrogen-bond acceptors (Lipinski definition) is 4. The van der Waals surface area contributed by atoms with E-state index in [-0.39, 0.29) is 17.9 Å². The molecule has 1 amide bonds. The second kappa shape index (κ2) is 10.1. The number of carbonyl (C=O) groups is 1. The summed E-state index contributed by atoms with van der Waals surface area (Å²) in [7, 11) is 0. The van der Waals surface area contributed by atoms with Crippen molar-refractivity contribution in [2.45, 2.75) is 45.9 Å². The maximum Gasteiger partial charge on any atom is 0.258 e. The van der Waals surface area contributed by atoms with Crippen LogP contribution in [0.1, 0.15) is 43.2 Å². The Morgan fingerprint density at radius 2 is 1.73 bits per heavy atom. The first-order valence-electron chi connectivity index (χ1n) is 10.1. The van der Waals surface area contributed by atoms with Crippen molar-refractivity contribution >= 4 is 5.91 Å². The number of benzene rings is 2. The molecule has 0 saturated carbocycles. The minimum atomic E-state index is -0.158. The fourth-order valence-electron chi connectivity index (χ4n) is 2.95. The second-order valence-electron chi connectivity index (χ2n) is 8.23. The Bertz CT molecular complexity index is 925. The van der Waals surface area contributed by atoms with Crippen LogP contribution in [-0.2, 0) is 34.7 Å². The molecule has 3 aromatic rings. The van der Waals surface area contributed by atoms with Crippen LogP contribution in [0.4, 0.5) is 0 Å². The highest BCUT2D eigenvalue weighted by atomic mass is 16.5. The first kappa shape index (κ1) is 21.7. The van der Waals surface area contributed by atoms with E-state index in [1.165, 1.54) is 5.56 Å². The van der Waals surface area contributed by atoms with Crippen molar-refractivity contribution in [3.8, 4) is 5.75 Å². The van der Waals surface area contributed by atoms with Crippen molar-refractivity contribution < 1.29 is 18.7 Å². The zero-order valence-electron chi connectivity index (χ0n) is 17.8. The van der Waals surface area contributed by atoms with Gasteiger partial charge in [-0.15, -0.1) is 0 Å². The van der Waals surface area contributed by atoms with E-state index in [2.05, 4.69) is 26.1 Å². The Hall–Kier alpha value is -3.05. The third kappa shape index (κ3) is 6.78. The van der Waals surface area contributed by atoms with E-state index in [9.17, 15) is 4.79 Å². The zero-order valence-corrected chi connectivity index (χ0v) is 17.8. The minimum Gasteiger partial charge on any atom is -0.484 e. The summed E-state index contributed by atoms with van der Waals surface area (Å²) in [6.07, 6.45) is 1.63. The van der Waals surface area contributed by atoms with Gasteiger partial charge in [-0.05, 0) is 46.4 Å². The molecule has 0 atom stereocenters. The fraction of sp³-hybridized carbons (Fsp3) is 0.320. The quantitative estimate of drug-likeness (QED) is 0.543. The van der Waals surface area contributed by atoms with E-state index in [4.69, 9.17) is 13.9 Å². The normalized spacial score (nSPS) is 11.3. The Morgan fingerprint density at radius 3 is 2.43 bits per heavy atom. The highest BCUT2D eigenvalue weighted by molar-refractivity contribution is 5.77. The van der Waals surface area contributed by atoms with Crippen LogP contribution in [-0.4, -0.2) is 12.5 Å². The van der Waals surface area contributed by atoms with Gasteiger partial charge in [-0.1, -0.05) is 57.2 Å². The van der Waals surface area contributed by atoms with Gasteiger partial charge in [-0.25, -0.2) is 0 Å². The van der Waals surface area contributed by atoms with Gasteiger partial charge in [0.25, 0.3) is 5.91 Å². The Morgan fingerprint density at radius 1 is 0.967 bits per heavy atom. The molecule has 5 nitrogen and oxygen atoms in total. The average Bonchev–Trinajstić information content (AvgIpc) is 3.24. The molecule has 158 valence electrons. The maximum atomic E-state index is 12.1. The molecule has 0 bridgehead atoms. The predicted octanol–water partition coefficient (Wildman–Crippen LogP) is 4.99. The van der Waals surface area contributed by atoms with Crippen LogP contribution in [0.25, 0.3) is 0 Å². The van der Waals surface area contributed by atoms with Crippen molar-refractivity contribution in [2.75, 3.05) is 6.61 Å². The van der Waals surface area contributed by atoms with Crippen LogP contribution in [0.3, 0.4) is 0 Å². The number of furan rings is 1. The van der Waals surface area contributed by atoms with Crippen molar-refractivity contribution in [3.63, 3.8) is 0 Å². The first-order valence-corrected chi connectivity index (χ1v) is 10.1. The van der Waals surface area contributed by atoms with Crippen LogP contribution < -0.4 is 10.1 Å². The molecule has 3 rings (SSSR count). The van der Waals surface area contributed by atoms with Crippen molar-refractivity contribution in [3.05, 3.63) is 89.4 Å². The van der Waals surface area contributed by atoms with E-state index in [0.29, 0.717) is 25.5 Å². The fourth-order valence-corrected chi connectivity index (χ4v) is 2.95. The topological polar surface area (TPSA) is 60.7 Å². The minimum absolute atomic E-state index is 0.0131. The average molecular weight is 408 g/mol. The maximum absolute atomic E-state index is 12.1. The molecular formula is C25H29NO4. The largest absolute Gasteiger partial charge is 0.484 e. The summed E-state index contributed by atoms with van der Waals surface area (Å²) in [6.45, 7) is 7.83. The molecule has 0 saturated heterocycles. The summed E-state index contributed by atoms with van der Waals surface area (Å²) < 4.78 is 16.5. The molecule has 1 N–H and O–H groups in total. The third-order valence-electron chi connectivity index (χ3n) is 4.66. The second-order valence-corrected chi connectivity index (χ2v) is 8.23. The molecule has 0 aliphatic carbocycles. The molecule has 0 aliphatic rings. The summed E-state index contributed by atoms with van der Waals surface area (Å²) >= 11 is 0. The van der Waals surface area contributed by atoms with Crippen LogP contribution >= 0.6 is 0 Å². The lowest BCUT2D eigenvalue weighted by atomic mass is 9.87. The molecule has 5 heteroatoms. The van der Waals surface area contributed by atoms with Gasteiger partial charge in [0.1, 0.15) is 18.1 Å². The molecule has 0 radical (unpaired) electrons. The van der Waals surface area contributed by atoms with Crippen LogP contribution in [0.2, 0.25) is 0 Å². The van der Waals surface area contributed by atoms with Crippen molar-refractivity contribution in [2.24, 2.45) is 0 Å². The van der Waals surface area contributed by atoms with Gasteiger partial charge in [0, 0.05) is 6.54 Å². The lowest BCUT2D eigenvalue weighted by Crippen LogP contribution is -2.28. The Balaban J connectivity index is 1.41. The zero-order chi connectivity index (χ0) is 21.4. The predicted molar refractivity (Wildman–Crippen MR) is 116 cm³/mol. The number of hydrogen-bond donors (Lipinski definition) is 1. The first-order chi connectivity index (χ1) is 14.4. The van der Waals surface area contributed by atoms with Crippen LogP contribution in [0, 0.1) is 0 Å². The highest BCUT2D eigenvalue weighted by Gasteiger charge is 2.13. The SMILES string of the molecule is CC(C)(C)c1ccc(OCC(=O)NCc2cccc(COCc3ccco3)c2)cc1. The number of carbonyl (C=O) groups excluding carboxylic acids is 1. The third-order valence-corrected chi connectivity index (χ3v) is 4.66. The molecule has 1 heterocycles. The molecule has 0 unspecified atom stereocenters. The number of amides is 1. The van der Waals surface area contributed by atoms with Gasteiger partial charge in [0.2, 0.25) is 0 Å². The summed E-state index contributed by atoms with van der Waals surface area (Å²) in [4.78, 5) is 12.1. The van der Waals surface area contributed by atoms with Crippen molar-refractivity contribution in [1.29, 1.82) is 0 Å². The summed E-state index contributed by atoms with van der Waals surface area (Å²) in [6, 6.07) is 19.5. The van der Waals surface area contributed by atoms with E-state index < -0.39 is 0 Å². The van der Waals surface area contributed by atoms with Gasteiger partial charge in [0.15, 0.2) is 6.61 Å². The number of nitrogens with one attached hydrogen (secondary N) is 1. The molecule has 0 spiro atoms. The standard InChI is InChI=1S/C25H29NO4/c1-25(2,3)21-9-11-22(12-10-21)30-18-24(27)26-15-19-6-4-7-20(14-19)16-28-17-23-8-5-13-29-23/h4-14H,15-18H2,1-3H3,(H,26,27). The van der Waals surface area contributed by atoms with E-state index in [1.54, 1.807) is 6.26 Å². The summed E-state index contributed by atoms with van der Waals surface area (Å²) in [5.74, 6) is 1.33. The van der Waals surface area contributed by atoms with Gasteiger partial charge >= 0.3 is 0 Å². The monoisotopic (exact) mass is 407 g/mol. The Labute approximate surface area is 178 Å². The Kier molecular flexibility index (Phi) is 7.31. The molecule has 0 aliphatic heterocycles. The number of rotatable bonds is 9. The highest BCUT2D eigenvalue weighted by Crippen LogP contribution is 2.24. The van der Waals surface area contributed by atoms with Crippen molar-refractivity contribution in [1.82, 2.24) is 5.32 Å². The van der Waals surface area contributed by atoms with Gasteiger partial charge in [-0.2, -0.15) is 0 Å². The lowest BCUT2D eigenvalue weighted by molar-refractivity contribution is -0.123. The lowest BCUT2D eigenvalue weighted by Gasteiger charge is -2.19. The van der Waals surface area contributed by atoms with Crippen LogP contribution in [0.15, 0.2) is 71.3 Å². The van der Waals surface area contributed by atoms with E-state index in [1.807, 2.05) is 60.7 Å². The van der Waals surface area contributed by atoms with Gasteiger partial charge in [0.05, 0.1) is 12.9 Å². The summed E-state index contributed by atoms with van der Waals surface area (Å²) in [5.41, 5.74) is 3.38. The van der Waals surface area contributed by atoms with E-state index in [0.717, 1.165) is 16.9 Å². The molecule has 1 aromatic heterocycles. The summed E-state index contributed by atoms with van der Waals surface area (Å²) in [5, 5.41) is 2.89. The molecular weight excluding hydrogens is 378 g/mol.